The average molecular weight is 314 g/mol. The number of carbonyl (C=O) groups is 2. The zero-order chi connectivity index (χ0) is 13.5. The summed E-state index contributed by atoms with van der Waals surface area (Å²) in [6, 6.07) is 6.92. The van der Waals surface area contributed by atoms with Crippen LogP contribution in [0.25, 0.3) is 0 Å². The molecular weight excluding hydrogens is 298 g/mol. The van der Waals surface area contributed by atoms with Crippen LogP contribution < -0.4 is 5.32 Å². The molecule has 1 unspecified atom stereocenters. The molecule has 0 aliphatic carbocycles. The van der Waals surface area contributed by atoms with E-state index in [-0.39, 0.29) is 5.91 Å². The molecule has 0 saturated heterocycles. The number of amides is 1. The molecule has 1 aromatic rings. The normalized spacial score (nSPS) is 11.9. The van der Waals surface area contributed by atoms with Gasteiger partial charge < -0.3 is 10.4 Å². The first-order chi connectivity index (χ1) is 8.52. The van der Waals surface area contributed by atoms with Gasteiger partial charge in [0.05, 0.1) is 0 Å². The first kappa shape index (κ1) is 14.7. The van der Waals surface area contributed by atoms with E-state index >= 15 is 0 Å². The second-order valence-electron chi connectivity index (χ2n) is 4.00. The van der Waals surface area contributed by atoms with Crippen LogP contribution in [0, 0.1) is 0 Å². The van der Waals surface area contributed by atoms with E-state index < -0.39 is 12.0 Å². The van der Waals surface area contributed by atoms with Gasteiger partial charge in [-0.3, -0.25) is 4.79 Å². The molecule has 0 saturated carbocycles. The third-order valence-electron chi connectivity index (χ3n) is 2.57. The highest BCUT2D eigenvalue weighted by molar-refractivity contribution is 9.10. The molecule has 1 rings (SSSR count). The number of carboxylic acid groups (broad SMARTS) is 1. The predicted molar refractivity (Wildman–Crippen MR) is 72.3 cm³/mol. The quantitative estimate of drug-likeness (QED) is 0.847. The van der Waals surface area contributed by atoms with E-state index in [2.05, 4.69) is 21.2 Å². The van der Waals surface area contributed by atoms with Crippen molar-refractivity contribution in [1.82, 2.24) is 5.32 Å². The summed E-state index contributed by atoms with van der Waals surface area (Å²) in [5.74, 6) is -1.22. The molecule has 1 atom stereocenters. The maximum Gasteiger partial charge on any atom is 0.326 e. The number of benzene rings is 1. The minimum Gasteiger partial charge on any atom is -0.480 e. The van der Waals surface area contributed by atoms with Crippen LogP contribution in [0.2, 0.25) is 0 Å². The zero-order valence-electron chi connectivity index (χ0n) is 10.1. The van der Waals surface area contributed by atoms with E-state index in [1.807, 2.05) is 24.3 Å². The molecule has 0 fully saturated rings. The van der Waals surface area contributed by atoms with Gasteiger partial charge >= 0.3 is 5.97 Å². The molecular formula is C13H16BrNO3. The van der Waals surface area contributed by atoms with Gasteiger partial charge in [-0.1, -0.05) is 35.0 Å². The number of rotatable bonds is 6. The zero-order valence-corrected chi connectivity index (χ0v) is 11.7. The average Bonchev–Trinajstić information content (AvgIpc) is 2.33. The van der Waals surface area contributed by atoms with Crippen LogP contribution in [-0.2, 0) is 16.0 Å². The van der Waals surface area contributed by atoms with Crippen molar-refractivity contribution < 1.29 is 14.7 Å². The lowest BCUT2D eigenvalue weighted by Crippen LogP contribution is -2.40. The van der Waals surface area contributed by atoms with Crippen molar-refractivity contribution >= 4 is 27.8 Å². The Labute approximate surface area is 115 Å². The molecule has 1 aromatic carbocycles. The van der Waals surface area contributed by atoms with Crippen molar-refractivity contribution in [2.24, 2.45) is 0 Å². The second kappa shape index (κ2) is 7.16. The van der Waals surface area contributed by atoms with Crippen molar-refractivity contribution in [2.45, 2.75) is 32.2 Å². The van der Waals surface area contributed by atoms with Gasteiger partial charge in [0.2, 0.25) is 5.91 Å². The fraction of sp³-hybridized carbons (Fsp3) is 0.385. The molecule has 0 radical (unpaired) electrons. The number of carboxylic acids is 1. The van der Waals surface area contributed by atoms with Crippen molar-refractivity contribution in [3.05, 3.63) is 34.3 Å². The van der Waals surface area contributed by atoms with Gasteiger partial charge in [0.1, 0.15) is 6.04 Å². The predicted octanol–water partition coefficient (Wildman–Crippen LogP) is 2.36. The third-order valence-corrected chi connectivity index (χ3v) is 3.06. The molecule has 1 amide bonds. The Morgan fingerprint density at radius 2 is 2.17 bits per heavy atom. The Bertz CT molecular complexity index is 434. The maximum atomic E-state index is 11.6. The Balaban J connectivity index is 2.44. The standard InChI is InChI=1S/C13H16BrNO3/c1-2-11(13(17)18)15-12(16)7-6-9-4-3-5-10(14)8-9/h3-5,8,11H,2,6-7H2,1H3,(H,15,16)(H,17,18). The molecule has 0 aromatic heterocycles. The Hall–Kier alpha value is -1.36. The minimum atomic E-state index is -0.992. The monoisotopic (exact) mass is 313 g/mol. The number of halogens is 1. The maximum absolute atomic E-state index is 11.6. The van der Waals surface area contributed by atoms with E-state index in [1.165, 1.54) is 0 Å². The number of aliphatic carboxylic acids is 1. The SMILES string of the molecule is CCC(NC(=O)CCc1cccc(Br)c1)C(=O)O. The van der Waals surface area contributed by atoms with Gasteiger partial charge in [0.25, 0.3) is 0 Å². The van der Waals surface area contributed by atoms with Crippen molar-refractivity contribution in [1.29, 1.82) is 0 Å². The lowest BCUT2D eigenvalue weighted by molar-refractivity contribution is -0.141. The number of aryl methyl sites for hydroxylation is 1. The fourth-order valence-electron chi connectivity index (χ4n) is 1.56. The summed E-state index contributed by atoms with van der Waals surface area (Å²) in [6.07, 6.45) is 1.28. The summed E-state index contributed by atoms with van der Waals surface area (Å²) in [5.41, 5.74) is 1.04. The summed E-state index contributed by atoms with van der Waals surface area (Å²) in [6.45, 7) is 1.73. The molecule has 0 aliphatic heterocycles. The van der Waals surface area contributed by atoms with Crippen LogP contribution in [0.3, 0.4) is 0 Å². The van der Waals surface area contributed by atoms with Gasteiger partial charge in [-0.2, -0.15) is 0 Å². The van der Waals surface area contributed by atoms with Crippen LogP contribution in [0.15, 0.2) is 28.7 Å². The summed E-state index contributed by atoms with van der Waals surface area (Å²) in [5, 5.41) is 11.3. The number of nitrogens with one attached hydrogen (secondary N) is 1. The number of carbonyl (C=O) groups excluding carboxylic acids is 1. The summed E-state index contributed by atoms with van der Waals surface area (Å²) >= 11 is 3.36. The number of hydrogen-bond donors (Lipinski definition) is 2. The van der Waals surface area contributed by atoms with Crippen molar-refractivity contribution in [3.8, 4) is 0 Å². The second-order valence-corrected chi connectivity index (χ2v) is 4.91. The van der Waals surface area contributed by atoms with E-state index in [1.54, 1.807) is 6.92 Å². The van der Waals surface area contributed by atoms with Gasteiger partial charge in [-0.25, -0.2) is 4.79 Å². The van der Waals surface area contributed by atoms with Crippen molar-refractivity contribution in [2.75, 3.05) is 0 Å². The molecule has 0 aliphatic rings. The Morgan fingerprint density at radius 3 is 2.72 bits per heavy atom. The van der Waals surface area contributed by atoms with Gasteiger partial charge in [-0.15, -0.1) is 0 Å². The summed E-state index contributed by atoms with van der Waals surface area (Å²) in [4.78, 5) is 22.4. The fourth-order valence-corrected chi connectivity index (χ4v) is 2.00. The van der Waals surface area contributed by atoms with E-state index in [4.69, 9.17) is 5.11 Å². The molecule has 18 heavy (non-hydrogen) atoms. The van der Waals surface area contributed by atoms with Crippen LogP contribution in [-0.4, -0.2) is 23.0 Å². The minimum absolute atomic E-state index is 0.232. The molecule has 5 heteroatoms. The Morgan fingerprint density at radius 1 is 1.44 bits per heavy atom. The summed E-state index contributed by atoms with van der Waals surface area (Å²) < 4.78 is 0.970. The van der Waals surface area contributed by atoms with Gasteiger partial charge in [-0.05, 0) is 30.5 Å². The van der Waals surface area contributed by atoms with Crippen LogP contribution in [0.1, 0.15) is 25.3 Å². The first-order valence-electron chi connectivity index (χ1n) is 5.79. The highest BCUT2D eigenvalue weighted by Crippen LogP contribution is 2.12. The largest absolute Gasteiger partial charge is 0.480 e. The van der Waals surface area contributed by atoms with Crippen LogP contribution in [0.5, 0.6) is 0 Å². The highest BCUT2D eigenvalue weighted by atomic mass is 79.9. The van der Waals surface area contributed by atoms with Crippen LogP contribution >= 0.6 is 15.9 Å². The van der Waals surface area contributed by atoms with E-state index in [0.29, 0.717) is 19.3 Å². The van der Waals surface area contributed by atoms with Crippen LogP contribution in [0.4, 0.5) is 0 Å². The topological polar surface area (TPSA) is 66.4 Å². The lowest BCUT2D eigenvalue weighted by atomic mass is 10.1. The molecule has 0 spiro atoms. The van der Waals surface area contributed by atoms with E-state index in [9.17, 15) is 9.59 Å². The van der Waals surface area contributed by atoms with E-state index in [0.717, 1.165) is 10.0 Å². The summed E-state index contributed by atoms with van der Waals surface area (Å²) in [7, 11) is 0. The molecule has 98 valence electrons. The Kier molecular flexibility index (Phi) is 5.85. The molecule has 2 N–H and O–H groups in total. The number of hydrogen-bond acceptors (Lipinski definition) is 2. The molecule has 4 nitrogen and oxygen atoms in total. The van der Waals surface area contributed by atoms with Gasteiger partial charge in [0, 0.05) is 10.9 Å². The lowest BCUT2D eigenvalue weighted by Gasteiger charge is -2.12. The third kappa shape index (κ3) is 4.87. The van der Waals surface area contributed by atoms with Crippen molar-refractivity contribution in [3.63, 3.8) is 0 Å². The molecule has 0 heterocycles. The molecule has 0 bridgehead atoms. The highest BCUT2D eigenvalue weighted by Gasteiger charge is 2.16. The smallest absolute Gasteiger partial charge is 0.326 e. The van der Waals surface area contributed by atoms with Gasteiger partial charge in [0.15, 0.2) is 0 Å². The first-order valence-corrected chi connectivity index (χ1v) is 6.59.